The fourth-order valence-corrected chi connectivity index (χ4v) is 1.35. The van der Waals surface area contributed by atoms with Crippen molar-refractivity contribution in [1.82, 2.24) is 5.32 Å². The van der Waals surface area contributed by atoms with Gasteiger partial charge in [0, 0.05) is 5.02 Å². The number of halogens is 1. The second kappa shape index (κ2) is 5.84. The predicted octanol–water partition coefficient (Wildman–Crippen LogP) is 3.27. The molecule has 0 saturated carbocycles. The van der Waals surface area contributed by atoms with Crippen molar-refractivity contribution in [3.63, 3.8) is 0 Å². The summed E-state index contributed by atoms with van der Waals surface area (Å²) in [6, 6.07) is 6.12. The lowest BCUT2D eigenvalue weighted by Gasteiger charge is -1.99. The normalized spacial score (nSPS) is 11.1. The molecule has 0 fully saturated rings. The van der Waals surface area contributed by atoms with Crippen molar-refractivity contribution in [2.24, 2.45) is 0 Å². The molecule has 0 aliphatic heterocycles. The SMILES string of the molecule is CNCCC=Cc1ccc(C)c(Cl)c1. The molecule has 0 aliphatic carbocycles. The van der Waals surface area contributed by atoms with Gasteiger partial charge < -0.3 is 5.32 Å². The van der Waals surface area contributed by atoms with Gasteiger partial charge in [0.05, 0.1) is 0 Å². The smallest absolute Gasteiger partial charge is 0.0441 e. The maximum Gasteiger partial charge on any atom is 0.0441 e. The molecule has 14 heavy (non-hydrogen) atoms. The maximum absolute atomic E-state index is 6.01. The molecule has 0 aliphatic rings. The zero-order valence-electron chi connectivity index (χ0n) is 8.68. The summed E-state index contributed by atoms with van der Waals surface area (Å²) in [7, 11) is 1.95. The predicted molar refractivity (Wildman–Crippen MR) is 63.8 cm³/mol. The highest BCUT2D eigenvalue weighted by molar-refractivity contribution is 6.31. The van der Waals surface area contributed by atoms with Gasteiger partial charge in [-0.05, 0) is 44.1 Å². The Hall–Kier alpha value is -0.790. The Balaban J connectivity index is 2.59. The van der Waals surface area contributed by atoms with Gasteiger partial charge in [0.15, 0.2) is 0 Å². The summed E-state index contributed by atoms with van der Waals surface area (Å²) < 4.78 is 0. The van der Waals surface area contributed by atoms with Crippen molar-refractivity contribution >= 4 is 17.7 Å². The fraction of sp³-hybridized carbons (Fsp3) is 0.333. The van der Waals surface area contributed by atoms with E-state index in [0.717, 1.165) is 29.1 Å². The molecule has 76 valence electrons. The highest BCUT2D eigenvalue weighted by Gasteiger charge is 1.93. The highest BCUT2D eigenvalue weighted by Crippen LogP contribution is 2.17. The average Bonchev–Trinajstić information content (AvgIpc) is 2.18. The van der Waals surface area contributed by atoms with Crippen molar-refractivity contribution in [3.05, 3.63) is 40.4 Å². The second-order valence-electron chi connectivity index (χ2n) is 3.30. The summed E-state index contributed by atoms with van der Waals surface area (Å²) in [5, 5.41) is 3.93. The quantitative estimate of drug-likeness (QED) is 0.751. The third kappa shape index (κ3) is 3.52. The van der Waals surface area contributed by atoms with Gasteiger partial charge in [-0.15, -0.1) is 0 Å². The number of rotatable bonds is 4. The van der Waals surface area contributed by atoms with Crippen LogP contribution < -0.4 is 5.32 Å². The van der Waals surface area contributed by atoms with E-state index in [1.807, 2.05) is 26.1 Å². The van der Waals surface area contributed by atoms with Gasteiger partial charge in [0.1, 0.15) is 0 Å². The van der Waals surface area contributed by atoms with Gasteiger partial charge in [0.2, 0.25) is 0 Å². The molecule has 1 N–H and O–H groups in total. The molecular weight excluding hydrogens is 194 g/mol. The Morgan fingerprint density at radius 2 is 2.21 bits per heavy atom. The van der Waals surface area contributed by atoms with Crippen LogP contribution in [-0.4, -0.2) is 13.6 Å². The first-order valence-electron chi connectivity index (χ1n) is 4.81. The van der Waals surface area contributed by atoms with Crippen LogP contribution in [0, 0.1) is 6.92 Å². The number of hydrogen-bond donors (Lipinski definition) is 1. The molecule has 1 aromatic rings. The molecule has 1 rings (SSSR count). The molecule has 0 aromatic heterocycles. The number of nitrogens with one attached hydrogen (secondary N) is 1. The minimum Gasteiger partial charge on any atom is -0.319 e. The standard InChI is InChI=1S/C12H16ClN/c1-10-6-7-11(9-12(10)13)5-3-4-8-14-2/h3,5-7,9,14H,4,8H2,1-2H3. The molecule has 0 atom stereocenters. The fourth-order valence-electron chi connectivity index (χ4n) is 1.16. The van der Waals surface area contributed by atoms with Gasteiger partial charge in [0.25, 0.3) is 0 Å². The molecule has 0 saturated heterocycles. The third-order valence-corrected chi connectivity index (χ3v) is 2.47. The molecule has 0 spiro atoms. The lowest BCUT2D eigenvalue weighted by molar-refractivity contribution is 0.809. The minimum atomic E-state index is 0.834. The van der Waals surface area contributed by atoms with Crippen LogP contribution in [0.4, 0.5) is 0 Å². The van der Waals surface area contributed by atoms with Crippen LogP contribution in [0.3, 0.4) is 0 Å². The number of hydrogen-bond acceptors (Lipinski definition) is 1. The lowest BCUT2D eigenvalue weighted by Crippen LogP contribution is -2.05. The number of aryl methyl sites for hydroxylation is 1. The molecular formula is C12H16ClN. The topological polar surface area (TPSA) is 12.0 Å². The highest BCUT2D eigenvalue weighted by atomic mass is 35.5. The Morgan fingerprint density at radius 3 is 2.86 bits per heavy atom. The summed E-state index contributed by atoms with van der Waals surface area (Å²) in [6.45, 7) is 3.02. The van der Waals surface area contributed by atoms with Crippen molar-refractivity contribution in [2.45, 2.75) is 13.3 Å². The van der Waals surface area contributed by atoms with Crippen LogP contribution in [0.2, 0.25) is 5.02 Å². The van der Waals surface area contributed by atoms with Gasteiger partial charge in [-0.3, -0.25) is 0 Å². The van der Waals surface area contributed by atoms with Crippen molar-refractivity contribution in [2.75, 3.05) is 13.6 Å². The summed E-state index contributed by atoms with van der Waals surface area (Å²) in [5.74, 6) is 0. The Labute approximate surface area is 90.8 Å². The zero-order chi connectivity index (χ0) is 10.4. The van der Waals surface area contributed by atoms with Gasteiger partial charge >= 0.3 is 0 Å². The summed E-state index contributed by atoms with van der Waals surface area (Å²) >= 11 is 6.01. The monoisotopic (exact) mass is 209 g/mol. The maximum atomic E-state index is 6.01. The molecule has 0 bridgehead atoms. The van der Waals surface area contributed by atoms with Crippen molar-refractivity contribution in [1.29, 1.82) is 0 Å². The molecule has 1 aromatic carbocycles. The molecule has 0 unspecified atom stereocenters. The van der Waals surface area contributed by atoms with E-state index >= 15 is 0 Å². The van der Waals surface area contributed by atoms with Crippen LogP contribution in [0.5, 0.6) is 0 Å². The van der Waals surface area contributed by atoms with Crippen molar-refractivity contribution in [3.8, 4) is 0 Å². The first-order chi connectivity index (χ1) is 6.74. The number of benzene rings is 1. The van der Waals surface area contributed by atoms with E-state index in [0.29, 0.717) is 0 Å². The summed E-state index contributed by atoms with van der Waals surface area (Å²) in [4.78, 5) is 0. The van der Waals surface area contributed by atoms with Crippen LogP contribution in [0.1, 0.15) is 17.5 Å². The van der Waals surface area contributed by atoms with Crippen LogP contribution in [-0.2, 0) is 0 Å². The van der Waals surface area contributed by atoms with Crippen LogP contribution >= 0.6 is 11.6 Å². The Kier molecular flexibility index (Phi) is 4.71. The van der Waals surface area contributed by atoms with E-state index < -0.39 is 0 Å². The average molecular weight is 210 g/mol. The zero-order valence-corrected chi connectivity index (χ0v) is 9.43. The molecule has 0 amide bonds. The Bertz CT molecular complexity index is 318. The first kappa shape index (κ1) is 11.3. The largest absolute Gasteiger partial charge is 0.319 e. The van der Waals surface area contributed by atoms with E-state index in [4.69, 9.17) is 11.6 Å². The molecule has 1 nitrogen and oxygen atoms in total. The van der Waals surface area contributed by atoms with E-state index in [1.54, 1.807) is 0 Å². The third-order valence-electron chi connectivity index (χ3n) is 2.07. The Morgan fingerprint density at radius 1 is 1.43 bits per heavy atom. The van der Waals surface area contributed by atoms with E-state index in [1.165, 1.54) is 0 Å². The van der Waals surface area contributed by atoms with Gasteiger partial charge in [-0.2, -0.15) is 0 Å². The molecule has 0 radical (unpaired) electrons. The van der Waals surface area contributed by atoms with Crippen molar-refractivity contribution < 1.29 is 0 Å². The van der Waals surface area contributed by atoms with E-state index in [-0.39, 0.29) is 0 Å². The van der Waals surface area contributed by atoms with Gasteiger partial charge in [-0.1, -0.05) is 35.9 Å². The van der Waals surface area contributed by atoms with Crippen LogP contribution in [0.15, 0.2) is 24.3 Å². The second-order valence-corrected chi connectivity index (χ2v) is 3.71. The molecule has 2 heteroatoms. The summed E-state index contributed by atoms with van der Waals surface area (Å²) in [6.07, 6.45) is 5.29. The van der Waals surface area contributed by atoms with E-state index in [2.05, 4.69) is 23.5 Å². The van der Waals surface area contributed by atoms with Crippen LogP contribution in [0.25, 0.3) is 6.08 Å². The summed E-state index contributed by atoms with van der Waals surface area (Å²) in [5.41, 5.74) is 2.29. The van der Waals surface area contributed by atoms with E-state index in [9.17, 15) is 0 Å². The first-order valence-corrected chi connectivity index (χ1v) is 5.19. The van der Waals surface area contributed by atoms with Gasteiger partial charge in [-0.25, -0.2) is 0 Å². The lowest BCUT2D eigenvalue weighted by atomic mass is 10.1. The molecule has 0 heterocycles. The minimum absolute atomic E-state index is 0.834.